The lowest BCUT2D eigenvalue weighted by molar-refractivity contribution is -0.137. The maximum absolute atomic E-state index is 13.4. The van der Waals surface area contributed by atoms with Gasteiger partial charge in [0, 0.05) is 5.69 Å². The molecule has 2 aromatic rings. The fraction of sp³-hybridized carbons (Fsp3) is 0.520. The van der Waals surface area contributed by atoms with Crippen molar-refractivity contribution in [1.29, 1.82) is 0 Å². The van der Waals surface area contributed by atoms with Gasteiger partial charge in [-0.25, -0.2) is 0 Å². The van der Waals surface area contributed by atoms with Gasteiger partial charge in [0.25, 0.3) is 0 Å². The van der Waals surface area contributed by atoms with Crippen LogP contribution >= 0.6 is 0 Å². The second-order valence-corrected chi connectivity index (χ2v) is 9.24. The zero-order valence-electron chi connectivity index (χ0n) is 17.8. The number of fused-ring (bicyclic) bond motifs is 3. The largest absolute Gasteiger partial charge is 0.416 e. The number of unbranched alkanes of at least 4 members (excludes halogenated alkanes) is 1. The van der Waals surface area contributed by atoms with Crippen molar-refractivity contribution in [3.8, 4) is 0 Å². The summed E-state index contributed by atoms with van der Waals surface area (Å²) in [5.41, 5.74) is 2.42. The van der Waals surface area contributed by atoms with Crippen LogP contribution in [-0.2, 0) is 6.18 Å². The Labute approximate surface area is 177 Å². The van der Waals surface area contributed by atoms with E-state index < -0.39 is 11.7 Å². The number of hydrogen-bond acceptors (Lipinski definition) is 2. The smallest absolute Gasteiger partial charge is 0.378 e. The van der Waals surface area contributed by atoms with E-state index in [4.69, 9.17) is 0 Å². The number of halogens is 3. The third kappa shape index (κ3) is 4.51. The molecule has 162 valence electrons. The van der Waals surface area contributed by atoms with Gasteiger partial charge in [0.15, 0.2) is 0 Å². The number of nitrogens with one attached hydrogen (secondary N) is 1. The van der Waals surface area contributed by atoms with Crippen molar-refractivity contribution in [3.05, 3.63) is 65.2 Å². The molecule has 1 aliphatic carbocycles. The first-order chi connectivity index (χ1) is 14.3. The monoisotopic (exact) mass is 416 g/mol. The first-order valence-corrected chi connectivity index (χ1v) is 11.0. The molecule has 4 atom stereocenters. The molecule has 5 heteroatoms. The van der Waals surface area contributed by atoms with Crippen LogP contribution in [0.15, 0.2) is 48.5 Å². The fourth-order valence-corrected chi connectivity index (χ4v) is 5.44. The number of alkyl halides is 3. The van der Waals surface area contributed by atoms with Crippen LogP contribution in [0, 0.1) is 11.8 Å². The molecule has 0 bridgehead atoms. The lowest BCUT2D eigenvalue weighted by atomic mass is 9.77. The second-order valence-electron chi connectivity index (χ2n) is 9.24. The van der Waals surface area contributed by atoms with Crippen LogP contribution < -0.4 is 5.32 Å². The second kappa shape index (κ2) is 8.62. The van der Waals surface area contributed by atoms with Crippen LogP contribution in [0.2, 0.25) is 0 Å². The van der Waals surface area contributed by atoms with Crippen LogP contribution in [0.3, 0.4) is 0 Å². The summed E-state index contributed by atoms with van der Waals surface area (Å²) in [5.74, 6) is 1.10. The Bertz CT molecular complexity index is 847. The van der Waals surface area contributed by atoms with E-state index in [0.29, 0.717) is 11.8 Å². The molecule has 1 saturated carbocycles. The molecule has 0 amide bonds. The number of benzene rings is 2. The molecule has 1 heterocycles. The van der Waals surface area contributed by atoms with Crippen LogP contribution in [0.25, 0.3) is 0 Å². The summed E-state index contributed by atoms with van der Waals surface area (Å²) in [7, 11) is 4.19. The van der Waals surface area contributed by atoms with E-state index in [1.165, 1.54) is 30.5 Å². The first-order valence-electron chi connectivity index (χ1n) is 11.0. The highest BCUT2D eigenvalue weighted by Crippen LogP contribution is 2.56. The van der Waals surface area contributed by atoms with Crippen molar-refractivity contribution < 1.29 is 13.2 Å². The van der Waals surface area contributed by atoms with Crippen molar-refractivity contribution in [2.45, 2.75) is 50.2 Å². The quantitative estimate of drug-likeness (QED) is 0.526. The van der Waals surface area contributed by atoms with E-state index in [9.17, 15) is 13.2 Å². The third-order valence-corrected chi connectivity index (χ3v) is 6.85. The van der Waals surface area contributed by atoms with E-state index >= 15 is 0 Å². The van der Waals surface area contributed by atoms with Crippen molar-refractivity contribution in [1.82, 2.24) is 4.90 Å². The molecule has 1 N–H and O–H groups in total. The predicted octanol–water partition coefficient (Wildman–Crippen LogP) is 6.71. The molecule has 2 nitrogen and oxygen atoms in total. The Kier molecular flexibility index (Phi) is 6.10. The number of nitrogens with zero attached hydrogens (tertiary/aromatic N) is 1. The summed E-state index contributed by atoms with van der Waals surface area (Å²) in [6.45, 7) is 1.09. The predicted molar refractivity (Wildman–Crippen MR) is 116 cm³/mol. The SMILES string of the molecule is CN(C)CCCC[C@H]1CC2c3cc(C(F)(F)F)ccc3N[C@@H](c3ccccc3)[C@@H]2C1. The van der Waals surface area contributed by atoms with Crippen molar-refractivity contribution in [2.75, 3.05) is 26.0 Å². The van der Waals surface area contributed by atoms with Crippen molar-refractivity contribution in [3.63, 3.8) is 0 Å². The molecule has 0 saturated heterocycles. The Hall–Kier alpha value is -2.01. The van der Waals surface area contributed by atoms with Gasteiger partial charge in [-0.3, -0.25) is 0 Å². The highest BCUT2D eigenvalue weighted by Gasteiger charge is 2.44. The molecular weight excluding hydrogens is 385 g/mol. The summed E-state index contributed by atoms with van der Waals surface area (Å²) in [5, 5.41) is 3.59. The summed E-state index contributed by atoms with van der Waals surface area (Å²) < 4.78 is 40.1. The Morgan fingerprint density at radius 2 is 1.77 bits per heavy atom. The van der Waals surface area contributed by atoms with E-state index in [-0.39, 0.29) is 12.0 Å². The van der Waals surface area contributed by atoms with Crippen molar-refractivity contribution >= 4 is 5.69 Å². The topological polar surface area (TPSA) is 15.3 Å². The van der Waals surface area contributed by atoms with Crippen LogP contribution in [0.5, 0.6) is 0 Å². The Balaban J connectivity index is 1.59. The minimum atomic E-state index is -4.30. The van der Waals surface area contributed by atoms with Crippen LogP contribution in [0.4, 0.5) is 18.9 Å². The molecule has 1 unspecified atom stereocenters. The summed E-state index contributed by atoms with van der Waals surface area (Å²) >= 11 is 0. The average Bonchev–Trinajstić information content (AvgIpc) is 3.14. The first kappa shape index (κ1) is 21.2. The third-order valence-electron chi connectivity index (χ3n) is 6.85. The zero-order chi connectivity index (χ0) is 21.3. The van der Waals surface area contributed by atoms with Gasteiger partial charge in [-0.1, -0.05) is 43.2 Å². The van der Waals surface area contributed by atoms with Gasteiger partial charge >= 0.3 is 6.18 Å². The molecule has 0 radical (unpaired) electrons. The van der Waals surface area contributed by atoms with Crippen molar-refractivity contribution in [2.24, 2.45) is 11.8 Å². The molecule has 4 rings (SSSR count). The molecule has 2 aromatic carbocycles. The van der Waals surface area contributed by atoms with Crippen LogP contribution in [-0.4, -0.2) is 25.5 Å². The van der Waals surface area contributed by atoms with Gasteiger partial charge in [0.05, 0.1) is 11.6 Å². The van der Waals surface area contributed by atoms with Gasteiger partial charge in [-0.2, -0.15) is 13.2 Å². The minimum absolute atomic E-state index is 0.159. The summed E-state index contributed by atoms with van der Waals surface area (Å²) in [4.78, 5) is 2.21. The summed E-state index contributed by atoms with van der Waals surface area (Å²) in [6, 6.07) is 14.8. The van der Waals surface area contributed by atoms with Gasteiger partial charge in [-0.15, -0.1) is 0 Å². The van der Waals surface area contributed by atoms with E-state index in [1.54, 1.807) is 6.07 Å². The lowest BCUT2D eigenvalue weighted by Gasteiger charge is -2.38. The molecule has 0 spiro atoms. The number of hydrogen-bond donors (Lipinski definition) is 1. The highest BCUT2D eigenvalue weighted by atomic mass is 19.4. The molecular formula is C25H31F3N2. The average molecular weight is 417 g/mol. The van der Waals surface area contributed by atoms with E-state index in [2.05, 4.69) is 36.4 Å². The standard InChI is InChI=1S/C25H31F3N2/c1-30(2)13-7-6-8-17-14-20-21-16-19(25(26,27)28)11-12-23(21)29-24(22(20)15-17)18-9-4-3-5-10-18/h3-5,9-12,16-17,20,22,24,29H,6-8,13-15H2,1-2H3/t17-,20?,22+,24-/m0/s1. The van der Waals surface area contributed by atoms with Gasteiger partial charge in [0.1, 0.15) is 0 Å². The zero-order valence-corrected chi connectivity index (χ0v) is 17.8. The lowest BCUT2D eigenvalue weighted by Crippen LogP contribution is -2.29. The van der Waals surface area contributed by atoms with Gasteiger partial charge < -0.3 is 10.2 Å². The van der Waals surface area contributed by atoms with E-state index in [0.717, 1.165) is 37.1 Å². The Morgan fingerprint density at radius 1 is 1.00 bits per heavy atom. The molecule has 1 aliphatic heterocycles. The van der Waals surface area contributed by atoms with Gasteiger partial charge in [-0.05, 0) is 87.0 Å². The normalized spacial score (nSPS) is 25.7. The molecule has 30 heavy (non-hydrogen) atoms. The fourth-order valence-electron chi connectivity index (χ4n) is 5.44. The number of rotatable bonds is 6. The molecule has 0 aromatic heterocycles. The highest BCUT2D eigenvalue weighted by molar-refractivity contribution is 5.59. The van der Waals surface area contributed by atoms with E-state index in [1.807, 2.05) is 18.2 Å². The summed E-state index contributed by atoms with van der Waals surface area (Å²) in [6.07, 6.45) is 1.29. The van der Waals surface area contributed by atoms with Gasteiger partial charge in [0.2, 0.25) is 0 Å². The molecule has 2 aliphatic rings. The Morgan fingerprint density at radius 3 is 2.47 bits per heavy atom. The maximum Gasteiger partial charge on any atom is 0.416 e. The maximum atomic E-state index is 13.4. The molecule has 1 fully saturated rings. The number of anilines is 1. The van der Waals surface area contributed by atoms with Crippen LogP contribution in [0.1, 0.15) is 60.8 Å². The minimum Gasteiger partial charge on any atom is -0.378 e.